The fraction of sp³-hybridized carbons (Fsp3) is 0.857. The predicted octanol–water partition coefficient (Wildman–Crippen LogP) is 2.54. The summed E-state index contributed by atoms with van der Waals surface area (Å²) in [7, 11) is 1.87. The molecule has 1 aliphatic carbocycles. The highest BCUT2D eigenvalue weighted by Crippen LogP contribution is 2.22. The van der Waals surface area contributed by atoms with Crippen molar-refractivity contribution in [3.05, 3.63) is 11.6 Å². The van der Waals surface area contributed by atoms with Crippen molar-refractivity contribution in [1.82, 2.24) is 0 Å². The van der Waals surface area contributed by atoms with Gasteiger partial charge in [-0.05, 0) is 18.4 Å². The SMILES string of the molecule is CCCCCCOC(O)C1=CCC([OH+]C)CC1. The molecular formula is C14H27O3+. The molecule has 0 heterocycles. The first-order valence-corrected chi connectivity index (χ1v) is 6.85. The van der Waals surface area contributed by atoms with Crippen LogP contribution in [0.2, 0.25) is 0 Å². The Balaban J connectivity index is 2.15. The Morgan fingerprint density at radius 3 is 2.88 bits per heavy atom. The van der Waals surface area contributed by atoms with Gasteiger partial charge in [0.05, 0.1) is 6.61 Å². The topological polar surface area (TPSA) is 42.3 Å². The van der Waals surface area contributed by atoms with E-state index >= 15 is 0 Å². The minimum atomic E-state index is -0.686. The lowest BCUT2D eigenvalue weighted by atomic mass is 9.97. The second-order valence-corrected chi connectivity index (χ2v) is 4.75. The zero-order chi connectivity index (χ0) is 12.5. The van der Waals surface area contributed by atoms with Crippen molar-refractivity contribution in [3.8, 4) is 0 Å². The van der Waals surface area contributed by atoms with Crippen molar-refractivity contribution < 1.29 is 14.6 Å². The molecule has 0 spiro atoms. The lowest BCUT2D eigenvalue weighted by Crippen LogP contribution is -2.23. The molecule has 3 heteroatoms. The molecular weight excluding hydrogens is 216 g/mol. The molecule has 0 fully saturated rings. The lowest BCUT2D eigenvalue weighted by Gasteiger charge is -2.21. The largest absolute Gasteiger partial charge is 0.433 e. The van der Waals surface area contributed by atoms with Gasteiger partial charge in [-0.2, -0.15) is 0 Å². The molecule has 1 rings (SSSR count). The summed E-state index contributed by atoms with van der Waals surface area (Å²) in [5.74, 6) is 0. The van der Waals surface area contributed by atoms with Crippen molar-refractivity contribution in [2.45, 2.75) is 64.3 Å². The molecule has 0 aliphatic heterocycles. The normalized spacial score (nSPS) is 22.3. The summed E-state index contributed by atoms with van der Waals surface area (Å²) in [4.78, 5) is 0. The number of ether oxygens (including phenoxy) is 2. The van der Waals surface area contributed by atoms with Gasteiger partial charge in [-0.1, -0.05) is 32.3 Å². The smallest absolute Gasteiger partial charge is 0.177 e. The number of unbranched alkanes of at least 4 members (excludes halogenated alkanes) is 3. The molecule has 0 aromatic carbocycles. The zero-order valence-electron chi connectivity index (χ0n) is 11.2. The maximum atomic E-state index is 9.87. The summed E-state index contributed by atoms with van der Waals surface area (Å²) in [5, 5.41) is 9.87. The number of hydrogen-bond donors (Lipinski definition) is 1. The van der Waals surface area contributed by atoms with E-state index in [-0.39, 0.29) is 0 Å². The van der Waals surface area contributed by atoms with Gasteiger partial charge in [0, 0.05) is 12.8 Å². The van der Waals surface area contributed by atoms with Crippen LogP contribution in [-0.2, 0) is 4.74 Å². The van der Waals surface area contributed by atoms with Crippen LogP contribution >= 0.6 is 0 Å². The van der Waals surface area contributed by atoms with Gasteiger partial charge < -0.3 is 14.6 Å². The molecule has 2 unspecified atom stereocenters. The number of rotatable bonds is 8. The molecule has 2 N–H and O–H groups in total. The van der Waals surface area contributed by atoms with Crippen LogP contribution in [0, 0.1) is 0 Å². The molecule has 0 radical (unpaired) electrons. The summed E-state index contributed by atoms with van der Waals surface area (Å²) in [5.41, 5.74) is 1.04. The molecule has 17 heavy (non-hydrogen) atoms. The first kappa shape index (κ1) is 14.7. The van der Waals surface area contributed by atoms with Gasteiger partial charge in [0.25, 0.3) is 0 Å². The summed E-state index contributed by atoms with van der Waals surface area (Å²) < 4.78 is 9.72. The molecule has 2 atom stereocenters. The van der Waals surface area contributed by atoms with E-state index in [1.54, 1.807) is 0 Å². The van der Waals surface area contributed by atoms with Crippen LogP contribution in [0.15, 0.2) is 11.6 Å². The summed E-state index contributed by atoms with van der Waals surface area (Å²) in [6.07, 6.45) is 9.48. The quantitative estimate of drug-likeness (QED) is 0.308. The van der Waals surface area contributed by atoms with E-state index in [2.05, 4.69) is 17.7 Å². The van der Waals surface area contributed by atoms with E-state index in [1.807, 2.05) is 7.11 Å². The zero-order valence-corrected chi connectivity index (χ0v) is 11.2. The highest BCUT2D eigenvalue weighted by Gasteiger charge is 2.21. The number of hydrogen-bond acceptors (Lipinski definition) is 2. The van der Waals surface area contributed by atoms with Crippen molar-refractivity contribution >= 4 is 0 Å². The molecule has 100 valence electrons. The van der Waals surface area contributed by atoms with Gasteiger partial charge in [0.15, 0.2) is 12.4 Å². The van der Waals surface area contributed by atoms with E-state index in [0.717, 1.165) is 31.3 Å². The minimum absolute atomic E-state index is 0.440. The van der Waals surface area contributed by atoms with Gasteiger partial charge in [0.2, 0.25) is 0 Å². The fourth-order valence-corrected chi connectivity index (χ4v) is 2.13. The third kappa shape index (κ3) is 5.66. The standard InChI is InChI=1S/C14H26O3/c1-3-4-5-6-11-17-14(15)12-7-9-13(16-2)10-8-12/h7,13-15H,3-6,8-11H2,1-2H3/p+1. The van der Waals surface area contributed by atoms with Crippen LogP contribution in [0.3, 0.4) is 0 Å². The van der Waals surface area contributed by atoms with E-state index in [0.29, 0.717) is 12.7 Å². The van der Waals surface area contributed by atoms with Crippen molar-refractivity contribution in [1.29, 1.82) is 0 Å². The maximum absolute atomic E-state index is 9.87. The highest BCUT2D eigenvalue weighted by atomic mass is 16.6. The van der Waals surface area contributed by atoms with Crippen LogP contribution in [0.25, 0.3) is 0 Å². The molecule has 0 amide bonds. The number of aliphatic hydroxyl groups excluding tert-OH is 1. The van der Waals surface area contributed by atoms with Crippen LogP contribution in [0.4, 0.5) is 0 Å². The lowest BCUT2D eigenvalue weighted by molar-refractivity contribution is -0.0875. The Labute approximate surface area is 105 Å². The Morgan fingerprint density at radius 1 is 1.47 bits per heavy atom. The Kier molecular flexibility index (Phi) is 7.49. The maximum Gasteiger partial charge on any atom is 0.177 e. The average molecular weight is 243 g/mol. The molecule has 0 aromatic heterocycles. The molecule has 0 saturated carbocycles. The third-order valence-electron chi connectivity index (χ3n) is 3.37. The first-order chi connectivity index (χ1) is 8.27. The molecule has 0 bridgehead atoms. The minimum Gasteiger partial charge on any atom is -0.433 e. The highest BCUT2D eigenvalue weighted by molar-refractivity contribution is 5.09. The van der Waals surface area contributed by atoms with Gasteiger partial charge >= 0.3 is 0 Å². The van der Waals surface area contributed by atoms with Crippen LogP contribution in [0.1, 0.15) is 51.9 Å². The molecule has 0 aromatic rings. The molecule has 0 saturated heterocycles. The Hall–Kier alpha value is -0.380. The first-order valence-electron chi connectivity index (χ1n) is 6.85. The van der Waals surface area contributed by atoms with Crippen LogP contribution < -0.4 is 0 Å². The van der Waals surface area contributed by atoms with Crippen molar-refractivity contribution in [3.63, 3.8) is 0 Å². The number of aliphatic hydroxyl groups is 3. The monoisotopic (exact) mass is 243 g/mol. The third-order valence-corrected chi connectivity index (χ3v) is 3.37. The molecule has 1 aliphatic rings. The van der Waals surface area contributed by atoms with Gasteiger partial charge in [-0.25, -0.2) is 0 Å². The van der Waals surface area contributed by atoms with Crippen LogP contribution in [-0.4, -0.2) is 36.0 Å². The van der Waals surface area contributed by atoms with E-state index in [1.165, 1.54) is 19.3 Å². The van der Waals surface area contributed by atoms with Gasteiger partial charge in [0.1, 0.15) is 7.11 Å². The summed E-state index contributed by atoms with van der Waals surface area (Å²) in [6, 6.07) is 0. The summed E-state index contributed by atoms with van der Waals surface area (Å²) in [6.45, 7) is 2.86. The van der Waals surface area contributed by atoms with Gasteiger partial charge in [-0.3, -0.25) is 0 Å². The molecule has 3 nitrogen and oxygen atoms in total. The van der Waals surface area contributed by atoms with Gasteiger partial charge in [-0.15, -0.1) is 0 Å². The second kappa shape index (κ2) is 8.67. The van der Waals surface area contributed by atoms with Crippen molar-refractivity contribution in [2.75, 3.05) is 13.7 Å². The van der Waals surface area contributed by atoms with Crippen molar-refractivity contribution in [2.24, 2.45) is 0 Å². The fourth-order valence-electron chi connectivity index (χ4n) is 2.13. The van der Waals surface area contributed by atoms with E-state index in [9.17, 15) is 5.11 Å². The Bertz CT molecular complexity index is 226. The predicted molar refractivity (Wildman–Crippen MR) is 70.0 cm³/mol. The van der Waals surface area contributed by atoms with E-state index < -0.39 is 6.29 Å². The van der Waals surface area contributed by atoms with Crippen LogP contribution in [0.5, 0.6) is 0 Å². The van der Waals surface area contributed by atoms with E-state index in [4.69, 9.17) is 4.74 Å². The Morgan fingerprint density at radius 2 is 2.29 bits per heavy atom. The summed E-state index contributed by atoms with van der Waals surface area (Å²) >= 11 is 0. The average Bonchev–Trinajstić information content (AvgIpc) is 2.38. The second-order valence-electron chi connectivity index (χ2n) is 4.75.